The molecule has 0 bridgehead atoms. The molecule has 0 radical (unpaired) electrons. The molecule has 0 spiro atoms. The van der Waals surface area contributed by atoms with E-state index in [0.29, 0.717) is 18.0 Å². The number of ketones is 1. The summed E-state index contributed by atoms with van der Waals surface area (Å²) >= 11 is 0. The first kappa shape index (κ1) is 7.28. The second kappa shape index (κ2) is 2.59. The van der Waals surface area contributed by atoms with Gasteiger partial charge in [-0.2, -0.15) is 0 Å². The van der Waals surface area contributed by atoms with Crippen LogP contribution in [0.4, 0.5) is 0 Å². The van der Waals surface area contributed by atoms with Crippen molar-refractivity contribution in [1.29, 1.82) is 0 Å². The number of hydrogen-bond acceptors (Lipinski definition) is 3. The molecule has 0 fully saturated rings. The first-order chi connectivity index (χ1) is 5.81. The molecule has 3 heteroatoms. The van der Waals surface area contributed by atoms with E-state index < -0.39 is 0 Å². The van der Waals surface area contributed by atoms with Crippen molar-refractivity contribution in [2.75, 3.05) is 0 Å². The smallest absolute Gasteiger partial charge is 0.219 e. The summed E-state index contributed by atoms with van der Waals surface area (Å²) < 4.78 is 5.28. The van der Waals surface area contributed by atoms with Crippen molar-refractivity contribution in [1.82, 2.24) is 4.98 Å². The molecule has 0 aromatic carbocycles. The third-order valence-electron chi connectivity index (χ3n) is 1.96. The first-order valence-electron chi connectivity index (χ1n) is 3.96. The molecule has 1 aliphatic rings. The predicted octanol–water partition coefficient (Wildman–Crippen LogP) is 1.84. The van der Waals surface area contributed by atoms with Gasteiger partial charge in [0, 0.05) is 12.8 Å². The summed E-state index contributed by atoms with van der Waals surface area (Å²) in [5.41, 5.74) is 0.510. The first-order valence-corrected chi connectivity index (χ1v) is 3.96. The molecule has 0 saturated carbocycles. The normalized spacial score (nSPS) is 15.8. The van der Waals surface area contributed by atoms with E-state index in [2.05, 4.69) is 11.6 Å². The minimum absolute atomic E-state index is 0.0908. The molecule has 62 valence electrons. The van der Waals surface area contributed by atoms with Crippen molar-refractivity contribution < 1.29 is 9.21 Å². The Balaban J connectivity index is 2.50. The quantitative estimate of drug-likeness (QED) is 0.634. The van der Waals surface area contributed by atoms with Crippen LogP contribution >= 0.6 is 0 Å². The van der Waals surface area contributed by atoms with Gasteiger partial charge in [0.2, 0.25) is 5.89 Å². The Bertz CT molecular complexity index is 338. The van der Waals surface area contributed by atoms with Crippen molar-refractivity contribution in [2.24, 2.45) is 0 Å². The number of carbonyl (C=O) groups is 1. The van der Waals surface area contributed by atoms with E-state index in [4.69, 9.17) is 4.42 Å². The lowest BCUT2D eigenvalue weighted by atomic mass is 10.0. The summed E-state index contributed by atoms with van der Waals surface area (Å²) in [5.74, 6) is 1.27. The van der Waals surface area contributed by atoms with Gasteiger partial charge in [-0.3, -0.25) is 4.79 Å². The van der Waals surface area contributed by atoms with Crippen LogP contribution in [0, 0.1) is 0 Å². The van der Waals surface area contributed by atoms with Crippen LogP contribution in [0.3, 0.4) is 0 Å². The van der Waals surface area contributed by atoms with Gasteiger partial charge in [-0.15, -0.1) is 0 Å². The third-order valence-corrected chi connectivity index (χ3v) is 1.96. The van der Waals surface area contributed by atoms with E-state index in [9.17, 15) is 4.79 Å². The van der Waals surface area contributed by atoms with Crippen LogP contribution in [0.25, 0.3) is 6.08 Å². The van der Waals surface area contributed by atoms with Gasteiger partial charge in [0.1, 0.15) is 11.5 Å². The van der Waals surface area contributed by atoms with E-state index in [1.807, 2.05) is 0 Å². The fourth-order valence-electron chi connectivity index (χ4n) is 1.37. The molecule has 0 unspecified atom stereocenters. The molecule has 0 atom stereocenters. The van der Waals surface area contributed by atoms with Crippen LogP contribution in [0.2, 0.25) is 0 Å². The number of carbonyl (C=O) groups excluding carboxylic acids is 1. The molecule has 1 aromatic rings. The summed E-state index contributed by atoms with van der Waals surface area (Å²) in [6, 6.07) is 0. The number of aromatic nitrogens is 1. The highest BCUT2D eigenvalue weighted by atomic mass is 16.4. The van der Waals surface area contributed by atoms with Gasteiger partial charge in [-0.25, -0.2) is 4.98 Å². The fraction of sp³-hybridized carbons (Fsp3) is 0.333. The lowest BCUT2D eigenvalue weighted by Gasteiger charge is -2.04. The van der Waals surface area contributed by atoms with Crippen molar-refractivity contribution in [3.63, 3.8) is 0 Å². The fourth-order valence-corrected chi connectivity index (χ4v) is 1.37. The van der Waals surface area contributed by atoms with E-state index >= 15 is 0 Å². The standard InChI is InChI=1S/C9H9NO2/c1-2-8-10-9-6(11)4-3-5-7(9)12-8/h2H,1,3-5H2. The number of aryl methyl sites for hydroxylation is 1. The molecule has 0 amide bonds. The van der Waals surface area contributed by atoms with Crippen LogP contribution in [0.1, 0.15) is 35.0 Å². The minimum atomic E-state index is 0.0908. The maximum Gasteiger partial charge on any atom is 0.219 e. The lowest BCUT2D eigenvalue weighted by molar-refractivity contribution is 0.0965. The van der Waals surface area contributed by atoms with E-state index in [1.165, 1.54) is 6.08 Å². The van der Waals surface area contributed by atoms with Crippen molar-refractivity contribution in [2.45, 2.75) is 19.3 Å². The van der Waals surface area contributed by atoms with E-state index in [0.717, 1.165) is 18.6 Å². The molecular formula is C9H9NO2. The van der Waals surface area contributed by atoms with E-state index in [-0.39, 0.29) is 5.78 Å². The summed E-state index contributed by atoms with van der Waals surface area (Å²) in [6.07, 6.45) is 3.81. The highest BCUT2D eigenvalue weighted by Crippen LogP contribution is 2.21. The second-order valence-electron chi connectivity index (χ2n) is 2.80. The summed E-state index contributed by atoms with van der Waals surface area (Å²) in [5, 5.41) is 0. The topological polar surface area (TPSA) is 43.1 Å². The van der Waals surface area contributed by atoms with Crippen molar-refractivity contribution in [3.8, 4) is 0 Å². The number of fused-ring (bicyclic) bond motifs is 1. The Labute approximate surface area is 70.1 Å². The Hall–Kier alpha value is -1.38. The van der Waals surface area contributed by atoms with Crippen LogP contribution in [-0.4, -0.2) is 10.8 Å². The van der Waals surface area contributed by atoms with Crippen LogP contribution < -0.4 is 0 Å². The predicted molar refractivity (Wildman–Crippen MR) is 43.9 cm³/mol. The van der Waals surface area contributed by atoms with Gasteiger partial charge in [0.15, 0.2) is 5.78 Å². The van der Waals surface area contributed by atoms with Crippen LogP contribution in [-0.2, 0) is 6.42 Å². The Morgan fingerprint density at radius 2 is 2.33 bits per heavy atom. The van der Waals surface area contributed by atoms with Gasteiger partial charge in [0.05, 0.1) is 0 Å². The molecule has 3 nitrogen and oxygen atoms in total. The van der Waals surface area contributed by atoms with Gasteiger partial charge in [0.25, 0.3) is 0 Å². The molecule has 1 aliphatic carbocycles. The zero-order valence-electron chi connectivity index (χ0n) is 6.67. The highest BCUT2D eigenvalue weighted by molar-refractivity contribution is 5.96. The van der Waals surface area contributed by atoms with Gasteiger partial charge >= 0.3 is 0 Å². The molecule has 2 rings (SSSR count). The van der Waals surface area contributed by atoms with Gasteiger partial charge in [-0.1, -0.05) is 6.58 Å². The number of rotatable bonds is 1. The molecule has 1 aromatic heterocycles. The van der Waals surface area contributed by atoms with E-state index in [1.54, 1.807) is 0 Å². The molecule has 0 N–H and O–H groups in total. The summed E-state index contributed by atoms with van der Waals surface area (Å²) in [4.78, 5) is 15.3. The summed E-state index contributed by atoms with van der Waals surface area (Å²) in [7, 11) is 0. The largest absolute Gasteiger partial charge is 0.441 e. The zero-order valence-corrected chi connectivity index (χ0v) is 6.67. The number of nitrogens with zero attached hydrogens (tertiary/aromatic N) is 1. The molecule has 0 saturated heterocycles. The minimum Gasteiger partial charge on any atom is -0.441 e. The molecule has 1 heterocycles. The number of oxazole rings is 1. The average Bonchev–Trinajstić information content (AvgIpc) is 2.49. The maximum atomic E-state index is 11.3. The highest BCUT2D eigenvalue weighted by Gasteiger charge is 2.22. The Morgan fingerprint density at radius 1 is 1.50 bits per heavy atom. The van der Waals surface area contributed by atoms with Crippen LogP contribution in [0.5, 0.6) is 0 Å². The average molecular weight is 163 g/mol. The number of Topliss-reactive ketones (excluding diaryl/α,β-unsaturated/α-hetero) is 1. The van der Waals surface area contributed by atoms with Crippen molar-refractivity contribution in [3.05, 3.63) is 23.9 Å². The van der Waals surface area contributed by atoms with Crippen LogP contribution in [0.15, 0.2) is 11.0 Å². The summed E-state index contributed by atoms with van der Waals surface area (Å²) in [6.45, 7) is 3.53. The SMILES string of the molecule is C=Cc1nc2c(o1)CCCC2=O. The number of hydrogen-bond donors (Lipinski definition) is 0. The Morgan fingerprint density at radius 3 is 3.00 bits per heavy atom. The zero-order chi connectivity index (χ0) is 8.55. The Kier molecular flexibility index (Phi) is 1.57. The van der Waals surface area contributed by atoms with Gasteiger partial charge < -0.3 is 4.42 Å². The molecule has 0 aliphatic heterocycles. The van der Waals surface area contributed by atoms with Gasteiger partial charge in [-0.05, 0) is 12.5 Å². The maximum absolute atomic E-state index is 11.3. The monoisotopic (exact) mass is 163 g/mol. The third kappa shape index (κ3) is 0.978. The molecular weight excluding hydrogens is 154 g/mol. The van der Waals surface area contributed by atoms with Crippen molar-refractivity contribution >= 4 is 11.9 Å². The second-order valence-corrected chi connectivity index (χ2v) is 2.80. The lowest BCUT2D eigenvalue weighted by Crippen LogP contribution is -2.09. The molecule has 12 heavy (non-hydrogen) atoms.